The summed E-state index contributed by atoms with van der Waals surface area (Å²) in [5, 5.41) is 8.71. The van der Waals surface area contributed by atoms with Gasteiger partial charge in [-0.15, -0.1) is 0 Å². The number of methoxy groups -OCH3 is 1. The molecule has 0 unspecified atom stereocenters. The molecule has 1 aliphatic heterocycles. The van der Waals surface area contributed by atoms with Gasteiger partial charge in [-0.1, -0.05) is 13.8 Å². The highest BCUT2D eigenvalue weighted by atomic mass is 16.7. The number of carboxylic acids is 1. The van der Waals surface area contributed by atoms with E-state index >= 15 is 0 Å². The lowest BCUT2D eigenvalue weighted by atomic mass is 9.94. The first kappa shape index (κ1) is 20.9. The summed E-state index contributed by atoms with van der Waals surface area (Å²) in [6.45, 7) is 5.32. The van der Waals surface area contributed by atoms with Crippen molar-refractivity contribution in [2.24, 2.45) is 17.3 Å². The molecule has 3 aliphatic rings. The van der Waals surface area contributed by atoms with Crippen LogP contribution in [0.3, 0.4) is 0 Å². The predicted molar refractivity (Wildman–Crippen MR) is 93.3 cm³/mol. The van der Waals surface area contributed by atoms with Crippen molar-refractivity contribution in [3.63, 3.8) is 0 Å². The average molecular weight is 400 g/mol. The number of hydrogen-bond acceptors (Lipinski definition) is 8. The predicted octanol–water partition coefficient (Wildman–Crippen LogP) is 2.11. The van der Waals surface area contributed by atoms with Gasteiger partial charge >= 0.3 is 18.1 Å². The molecule has 158 valence electrons. The molecule has 2 aliphatic carbocycles. The van der Waals surface area contributed by atoms with Crippen molar-refractivity contribution in [2.75, 3.05) is 20.3 Å². The number of esters is 1. The van der Waals surface area contributed by atoms with Crippen molar-refractivity contribution in [2.45, 2.75) is 63.9 Å². The van der Waals surface area contributed by atoms with Gasteiger partial charge in [0.2, 0.25) is 0 Å². The maximum Gasteiger partial charge on any atom is 0.508 e. The number of carbonyl (C=O) groups is 3. The minimum atomic E-state index is -1.07. The molecule has 2 saturated carbocycles. The first-order chi connectivity index (χ1) is 13.1. The summed E-state index contributed by atoms with van der Waals surface area (Å²) < 4.78 is 27.6. The molecule has 0 aromatic rings. The molecule has 0 amide bonds. The molecule has 9 heteroatoms. The lowest BCUT2D eigenvalue weighted by molar-refractivity contribution is -0.298. The molecule has 0 radical (unpaired) electrons. The smallest absolute Gasteiger partial charge is 0.481 e. The summed E-state index contributed by atoms with van der Waals surface area (Å²) in [5.74, 6) is -2.36. The minimum Gasteiger partial charge on any atom is -0.481 e. The molecule has 3 rings (SSSR count). The van der Waals surface area contributed by atoms with E-state index in [4.69, 9.17) is 24.1 Å². The van der Waals surface area contributed by atoms with Gasteiger partial charge in [0.25, 0.3) is 0 Å². The van der Waals surface area contributed by atoms with E-state index in [1.54, 1.807) is 0 Å². The van der Waals surface area contributed by atoms with Crippen LogP contribution in [0.4, 0.5) is 4.79 Å². The fourth-order valence-corrected chi connectivity index (χ4v) is 4.36. The van der Waals surface area contributed by atoms with Crippen LogP contribution < -0.4 is 0 Å². The Bertz CT molecular complexity index is 619. The Morgan fingerprint density at radius 1 is 1.07 bits per heavy atom. The van der Waals surface area contributed by atoms with Crippen molar-refractivity contribution >= 4 is 18.1 Å². The Labute approximate surface area is 163 Å². The lowest BCUT2D eigenvalue weighted by Crippen LogP contribution is -2.47. The zero-order valence-electron chi connectivity index (χ0n) is 16.5. The zero-order chi connectivity index (χ0) is 20.5. The van der Waals surface area contributed by atoms with Gasteiger partial charge in [0.05, 0.1) is 33.2 Å². The molecule has 1 heterocycles. The van der Waals surface area contributed by atoms with Gasteiger partial charge < -0.3 is 28.8 Å². The SMILES string of the molecule is COC(=O)O[C@@H]1[C@@H]2CC3(C[C@@H]2C[C@H]1OC(=O)CCC(=O)O)OCC(C)(C)CO3. The van der Waals surface area contributed by atoms with Gasteiger partial charge in [-0.3, -0.25) is 9.59 Å². The second-order valence-electron chi connectivity index (χ2n) is 8.68. The summed E-state index contributed by atoms with van der Waals surface area (Å²) in [4.78, 5) is 34.4. The molecule has 4 atom stereocenters. The third-order valence-electron chi connectivity index (χ3n) is 5.73. The van der Waals surface area contributed by atoms with E-state index in [0.29, 0.717) is 32.5 Å². The van der Waals surface area contributed by atoms with Crippen LogP contribution in [0.15, 0.2) is 0 Å². The third kappa shape index (κ3) is 4.57. The normalized spacial score (nSPS) is 32.5. The maximum atomic E-state index is 12.0. The highest BCUT2D eigenvalue weighted by Crippen LogP contribution is 2.54. The highest BCUT2D eigenvalue weighted by Gasteiger charge is 2.59. The van der Waals surface area contributed by atoms with E-state index in [-0.39, 0.29) is 30.1 Å². The molecule has 1 N–H and O–H groups in total. The number of ether oxygens (including phenoxy) is 5. The fourth-order valence-electron chi connectivity index (χ4n) is 4.36. The summed E-state index contributed by atoms with van der Waals surface area (Å²) in [6.07, 6.45) is -0.997. The second-order valence-corrected chi connectivity index (χ2v) is 8.68. The first-order valence-corrected chi connectivity index (χ1v) is 9.57. The van der Waals surface area contributed by atoms with Gasteiger partial charge in [-0.2, -0.15) is 0 Å². The molecule has 0 bridgehead atoms. The zero-order valence-corrected chi connectivity index (χ0v) is 16.5. The molecule has 28 heavy (non-hydrogen) atoms. The number of aliphatic carboxylic acids is 1. The van der Waals surface area contributed by atoms with Crippen molar-refractivity contribution in [1.29, 1.82) is 0 Å². The number of carboxylic acid groups (broad SMARTS) is 1. The Morgan fingerprint density at radius 2 is 1.75 bits per heavy atom. The Morgan fingerprint density at radius 3 is 2.36 bits per heavy atom. The highest BCUT2D eigenvalue weighted by molar-refractivity contribution is 5.76. The van der Waals surface area contributed by atoms with Crippen LogP contribution in [0.1, 0.15) is 46.0 Å². The second kappa shape index (κ2) is 7.87. The van der Waals surface area contributed by atoms with Gasteiger partial charge in [0.15, 0.2) is 5.79 Å². The average Bonchev–Trinajstić information content (AvgIpc) is 3.12. The van der Waals surface area contributed by atoms with Crippen molar-refractivity contribution in [1.82, 2.24) is 0 Å². The van der Waals surface area contributed by atoms with Gasteiger partial charge in [0.1, 0.15) is 12.2 Å². The van der Waals surface area contributed by atoms with Crippen LogP contribution in [-0.2, 0) is 33.3 Å². The van der Waals surface area contributed by atoms with Gasteiger partial charge in [-0.25, -0.2) is 4.79 Å². The molecular formula is C19H28O9. The molecule has 0 aromatic carbocycles. The van der Waals surface area contributed by atoms with Gasteiger partial charge in [0, 0.05) is 24.2 Å². The van der Waals surface area contributed by atoms with E-state index in [2.05, 4.69) is 18.6 Å². The maximum absolute atomic E-state index is 12.0. The van der Waals surface area contributed by atoms with E-state index < -0.39 is 36.1 Å². The topological polar surface area (TPSA) is 118 Å². The summed E-state index contributed by atoms with van der Waals surface area (Å²) >= 11 is 0. The van der Waals surface area contributed by atoms with Crippen LogP contribution in [0.2, 0.25) is 0 Å². The van der Waals surface area contributed by atoms with E-state index in [9.17, 15) is 14.4 Å². The standard InChI is InChI=1S/C19H28O9/c1-18(2)9-25-19(26-10-18)7-11-6-13(27-15(22)5-4-14(20)21)16(12(11)8-19)28-17(23)24-3/h11-13,16H,4-10H2,1-3H3,(H,20,21)/t11-,12+,13+,16+/m0/s1. The van der Waals surface area contributed by atoms with E-state index in [1.807, 2.05) is 0 Å². The number of carbonyl (C=O) groups excluding carboxylic acids is 2. The molecule has 1 spiro atoms. The summed E-state index contributed by atoms with van der Waals surface area (Å²) in [6, 6.07) is 0. The van der Waals surface area contributed by atoms with E-state index in [1.165, 1.54) is 7.11 Å². The van der Waals surface area contributed by atoms with Crippen LogP contribution in [-0.4, -0.2) is 61.5 Å². The first-order valence-electron chi connectivity index (χ1n) is 9.57. The Balaban J connectivity index is 1.66. The summed E-state index contributed by atoms with van der Waals surface area (Å²) in [7, 11) is 1.22. The fraction of sp³-hybridized carbons (Fsp3) is 0.842. The molecule has 3 fully saturated rings. The summed E-state index contributed by atoms with van der Waals surface area (Å²) in [5.41, 5.74) is -0.0485. The largest absolute Gasteiger partial charge is 0.508 e. The minimum absolute atomic E-state index is 0.0485. The van der Waals surface area contributed by atoms with Crippen molar-refractivity contribution < 1.29 is 43.2 Å². The molecule has 0 aromatic heterocycles. The molecule has 1 saturated heterocycles. The molecule has 9 nitrogen and oxygen atoms in total. The monoisotopic (exact) mass is 400 g/mol. The van der Waals surface area contributed by atoms with Crippen molar-refractivity contribution in [3.8, 4) is 0 Å². The quantitative estimate of drug-likeness (QED) is 0.692. The van der Waals surface area contributed by atoms with E-state index in [0.717, 1.165) is 0 Å². The van der Waals surface area contributed by atoms with Gasteiger partial charge in [-0.05, 0) is 12.3 Å². The van der Waals surface area contributed by atoms with Crippen molar-refractivity contribution in [3.05, 3.63) is 0 Å². The Hall–Kier alpha value is -1.87. The van der Waals surface area contributed by atoms with Crippen LogP contribution in [0.25, 0.3) is 0 Å². The van der Waals surface area contributed by atoms with Crippen LogP contribution in [0.5, 0.6) is 0 Å². The van der Waals surface area contributed by atoms with Crippen LogP contribution >= 0.6 is 0 Å². The lowest BCUT2D eigenvalue weighted by Gasteiger charge is -2.42. The number of rotatable bonds is 5. The Kier molecular flexibility index (Phi) is 5.86. The number of fused-ring (bicyclic) bond motifs is 1. The van der Waals surface area contributed by atoms with Crippen LogP contribution in [0, 0.1) is 17.3 Å². The third-order valence-corrected chi connectivity index (χ3v) is 5.73. The number of hydrogen-bond donors (Lipinski definition) is 1. The molecular weight excluding hydrogens is 372 g/mol.